The topological polar surface area (TPSA) is 98.5 Å². The van der Waals surface area contributed by atoms with Crippen LogP contribution in [0.1, 0.15) is 52.5 Å². The van der Waals surface area contributed by atoms with Crippen molar-refractivity contribution >= 4 is 29.5 Å². The summed E-state index contributed by atoms with van der Waals surface area (Å²) < 4.78 is 8.05. The van der Waals surface area contributed by atoms with Crippen LogP contribution in [-0.2, 0) is 4.79 Å². The predicted octanol–water partition coefficient (Wildman–Crippen LogP) is 5.25. The summed E-state index contributed by atoms with van der Waals surface area (Å²) in [6.45, 7) is 4.27. The molecule has 37 heavy (non-hydrogen) atoms. The van der Waals surface area contributed by atoms with E-state index in [1.165, 1.54) is 0 Å². The van der Waals surface area contributed by atoms with Gasteiger partial charge in [0.1, 0.15) is 29.7 Å². The number of carbonyl (C=O) groups excluding carboxylic acids is 2. The first-order valence-electron chi connectivity index (χ1n) is 11.9. The van der Waals surface area contributed by atoms with Gasteiger partial charge >= 0.3 is 0 Å². The van der Waals surface area contributed by atoms with Crippen molar-refractivity contribution < 1.29 is 14.3 Å². The van der Waals surface area contributed by atoms with Crippen LogP contribution < -0.4 is 10.1 Å². The monoisotopic (exact) mass is 513 g/mol. The van der Waals surface area contributed by atoms with Crippen molar-refractivity contribution in [2.24, 2.45) is 4.99 Å². The number of nitrogens with zero attached hydrogens (tertiary/aromatic N) is 4. The molecule has 4 aromatic rings. The molecule has 2 heterocycles. The maximum atomic E-state index is 12.6. The third-order valence-corrected chi connectivity index (χ3v) is 6.25. The molecule has 0 saturated carbocycles. The van der Waals surface area contributed by atoms with Crippen LogP contribution in [0.2, 0.25) is 5.02 Å². The Bertz CT molecular complexity index is 1510. The summed E-state index contributed by atoms with van der Waals surface area (Å²) >= 11 is 6.17. The molecule has 3 aromatic carbocycles. The number of amides is 1. The van der Waals surface area contributed by atoms with Gasteiger partial charge in [-0.05, 0) is 56.3 Å². The van der Waals surface area contributed by atoms with Gasteiger partial charge in [0.2, 0.25) is 5.91 Å². The lowest BCUT2D eigenvalue weighted by Crippen LogP contribution is -2.25. The Morgan fingerprint density at radius 2 is 1.86 bits per heavy atom. The molecule has 1 amide bonds. The Balaban J connectivity index is 1.67. The van der Waals surface area contributed by atoms with Crippen molar-refractivity contribution in [1.29, 1.82) is 0 Å². The van der Waals surface area contributed by atoms with Crippen molar-refractivity contribution in [2.45, 2.75) is 26.3 Å². The summed E-state index contributed by atoms with van der Waals surface area (Å²) in [5.74, 6) is 2.25. The normalized spacial score (nSPS) is 14.1. The lowest BCUT2D eigenvalue weighted by molar-refractivity contribution is -0.121. The average Bonchev–Trinajstić information content (AvgIpc) is 3.22. The Kier molecular flexibility index (Phi) is 6.83. The molecule has 8 nitrogen and oxygen atoms in total. The van der Waals surface area contributed by atoms with Gasteiger partial charge in [0.25, 0.3) is 0 Å². The Morgan fingerprint density at radius 1 is 1.08 bits per heavy atom. The van der Waals surface area contributed by atoms with E-state index in [9.17, 15) is 9.59 Å². The zero-order chi connectivity index (χ0) is 25.9. The summed E-state index contributed by atoms with van der Waals surface area (Å²) in [6, 6.07) is 19.5. The van der Waals surface area contributed by atoms with E-state index < -0.39 is 6.04 Å². The van der Waals surface area contributed by atoms with E-state index in [1.807, 2.05) is 48.7 Å². The third-order valence-electron chi connectivity index (χ3n) is 6.00. The number of ether oxygens (including phenoxy) is 1. The summed E-state index contributed by atoms with van der Waals surface area (Å²) in [4.78, 5) is 28.9. The van der Waals surface area contributed by atoms with Crippen molar-refractivity contribution in [3.8, 4) is 17.2 Å². The fourth-order valence-corrected chi connectivity index (χ4v) is 4.47. The first kappa shape index (κ1) is 24.4. The number of carbonyl (C=O) groups is 2. The van der Waals surface area contributed by atoms with Crippen LogP contribution in [0.3, 0.4) is 0 Å². The third kappa shape index (κ3) is 5.01. The summed E-state index contributed by atoms with van der Waals surface area (Å²) in [7, 11) is 0. The van der Waals surface area contributed by atoms with Crippen molar-refractivity contribution in [3.63, 3.8) is 0 Å². The first-order chi connectivity index (χ1) is 18.0. The SMILES string of the molecule is CCNC(=O)C[C@@H]1N=C(c2ccc(Cl)cc2)c2cc(Oc3cccc(C=O)c3)ccc2-n2c(C)nnc21. The van der Waals surface area contributed by atoms with Crippen LogP contribution in [0.25, 0.3) is 5.69 Å². The second-order valence-electron chi connectivity index (χ2n) is 8.57. The van der Waals surface area contributed by atoms with Gasteiger partial charge < -0.3 is 10.1 Å². The molecule has 1 aromatic heterocycles. The lowest BCUT2D eigenvalue weighted by Gasteiger charge is -2.15. The van der Waals surface area contributed by atoms with Gasteiger partial charge in [-0.3, -0.25) is 19.1 Å². The highest BCUT2D eigenvalue weighted by molar-refractivity contribution is 6.30. The Hall–Kier alpha value is -4.30. The van der Waals surface area contributed by atoms with Crippen LogP contribution in [0.15, 0.2) is 71.7 Å². The molecule has 0 saturated heterocycles. The molecule has 1 atom stereocenters. The number of hydrogen-bond acceptors (Lipinski definition) is 6. The number of halogens is 1. The average molecular weight is 514 g/mol. The highest BCUT2D eigenvalue weighted by Crippen LogP contribution is 2.35. The van der Waals surface area contributed by atoms with Crippen LogP contribution in [-0.4, -0.2) is 39.2 Å². The van der Waals surface area contributed by atoms with E-state index in [-0.39, 0.29) is 12.3 Å². The highest BCUT2D eigenvalue weighted by atomic mass is 35.5. The standard InChI is InChI=1S/C28H24ClN5O3/c1-3-30-26(36)15-24-28-33-32-17(2)34(28)25-12-11-22(37-21-6-4-5-18(13-21)16-35)14-23(25)27(31-24)19-7-9-20(29)10-8-19/h4-14,16,24H,3,15H2,1-2H3,(H,30,36)/t24-/m0/s1. The number of aliphatic imine (C=N–C) groups is 1. The van der Waals surface area contributed by atoms with Crippen molar-refractivity contribution in [2.75, 3.05) is 6.54 Å². The first-order valence-corrected chi connectivity index (χ1v) is 12.2. The fourth-order valence-electron chi connectivity index (χ4n) is 4.35. The zero-order valence-electron chi connectivity index (χ0n) is 20.3. The maximum absolute atomic E-state index is 12.6. The molecule has 5 rings (SSSR count). The molecule has 0 unspecified atom stereocenters. The molecule has 0 fully saturated rings. The number of aryl methyl sites for hydroxylation is 1. The number of rotatable bonds is 7. The van der Waals surface area contributed by atoms with E-state index in [1.54, 1.807) is 36.4 Å². The Labute approximate surface area is 219 Å². The largest absolute Gasteiger partial charge is 0.457 e. The van der Waals surface area contributed by atoms with Gasteiger partial charge in [-0.1, -0.05) is 35.9 Å². The number of aldehydes is 1. The molecule has 9 heteroatoms. The minimum Gasteiger partial charge on any atom is -0.457 e. The van der Waals surface area contributed by atoms with E-state index in [0.717, 1.165) is 23.1 Å². The number of fused-ring (bicyclic) bond motifs is 3. The van der Waals surface area contributed by atoms with Crippen LogP contribution >= 0.6 is 11.6 Å². The summed E-state index contributed by atoms with van der Waals surface area (Å²) in [5, 5.41) is 12.2. The van der Waals surface area contributed by atoms with Gasteiger partial charge in [-0.2, -0.15) is 0 Å². The number of nitrogens with one attached hydrogen (secondary N) is 1. The number of benzene rings is 3. The quantitative estimate of drug-likeness (QED) is 0.340. The number of hydrogen-bond donors (Lipinski definition) is 1. The van der Waals surface area contributed by atoms with Crippen LogP contribution in [0.4, 0.5) is 0 Å². The molecule has 1 aliphatic rings. The van der Waals surface area contributed by atoms with E-state index in [4.69, 9.17) is 21.3 Å². The minimum absolute atomic E-state index is 0.121. The highest BCUT2D eigenvalue weighted by Gasteiger charge is 2.30. The van der Waals surface area contributed by atoms with E-state index in [2.05, 4.69) is 15.5 Å². The predicted molar refractivity (Wildman–Crippen MR) is 141 cm³/mol. The molecule has 0 bridgehead atoms. The number of aromatic nitrogens is 3. The summed E-state index contributed by atoms with van der Waals surface area (Å²) in [6.07, 6.45) is 0.902. The Morgan fingerprint density at radius 3 is 2.62 bits per heavy atom. The van der Waals surface area contributed by atoms with Gasteiger partial charge in [-0.25, -0.2) is 0 Å². The van der Waals surface area contributed by atoms with Crippen molar-refractivity contribution in [3.05, 3.63) is 100 Å². The minimum atomic E-state index is -0.556. The van der Waals surface area contributed by atoms with Gasteiger partial charge in [0.15, 0.2) is 5.82 Å². The van der Waals surface area contributed by atoms with Gasteiger partial charge in [0, 0.05) is 28.3 Å². The molecular formula is C28H24ClN5O3. The van der Waals surface area contributed by atoms with Crippen molar-refractivity contribution in [1.82, 2.24) is 20.1 Å². The van der Waals surface area contributed by atoms with E-state index >= 15 is 0 Å². The molecule has 186 valence electrons. The zero-order valence-corrected chi connectivity index (χ0v) is 21.1. The van der Waals surface area contributed by atoms with Crippen LogP contribution in [0, 0.1) is 6.92 Å². The smallest absolute Gasteiger partial charge is 0.222 e. The summed E-state index contributed by atoms with van der Waals surface area (Å²) in [5.41, 5.74) is 3.64. The maximum Gasteiger partial charge on any atom is 0.222 e. The molecule has 0 radical (unpaired) electrons. The second-order valence-corrected chi connectivity index (χ2v) is 9.01. The molecule has 0 aliphatic carbocycles. The lowest BCUT2D eigenvalue weighted by atomic mass is 10.00. The van der Waals surface area contributed by atoms with Gasteiger partial charge in [0.05, 0.1) is 17.8 Å². The molecular weight excluding hydrogens is 490 g/mol. The van der Waals surface area contributed by atoms with E-state index in [0.29, 0.717) is 46.0 Å². The molecule has 1 N–H and O–H groups in total. The van der Waals surface area contributed by atoms with Gasteiger partial charge in [-0.15, -0.1) is 10.2 Å². The second kappa shape index (κ2) is 10.4. The molecule has 1 aliphatic heterocycles. The fraction of sp³-hybridized carbons (Fsp3) is 0.179. The molecule has 0 spiro atoms. The van der Waals surface area contributed by atoms with Crippen LogP contribution in [0.5, 0.6) is 11.5 Å².